The van der Waals surface area contributed by atoms with Crippen molar-refractivity contribution in [1.82, 2.24) is 5.32 Å². The zero-order chi connectivity index (χ0) is 14.7. The average molecular weight is 366 g/mol. The molecule has 1 aliphatic heterocycles. The summed E-state index contributed by atoms with van der Waals surface area (Å²) in [6, 6.07) is 13.2. The van der Waals surface area contributed by atoms with Crippen molar-refractivity contribution in [2.45, 2.75) is 25.8 Å². The fourth-order valence-electron chi connectivity index (χ4n) is 2.96. The molecule has 1 N–H and O–H groups in total. The van der Waals surface area contributed by atoms with Crippen LogP contribution in [-0.4, -0.2) is 19.2 Å². The minimum Gasteiger partial charge on any atom is -0.493 e. The van der Waals surface area contributed by atoms with Crippen molar-refractivity contribution < 1.29 is 4.74 Å². The van der Waals surface area contributed by atoms with Gasteiger partial charge in [0.25, 0.3) is 0 Å². The zero-order valence-electron chi connectivity index (χ0n) is 12.1. The normalized spacial score (nSPS) is 18.9. The topological polar surface area (TPSA) is 21.3 Å². The third-order valence-corrected chi connectivity index (χ3v) is 5.64. The van der Waals surface area contributed by atoms with Crippen LogP contribution in [0, 0.1) is 5.92 Å². The summed E-state index contributed by atoms with van der Waals surface area (Å²) in [5.41, 5.74) is 1.34. The molecule has 0 spiro atoms. The van der Waals surface area contributed by atoms with Crippen LogP contribution in [0.2, 0.25) is 0 Å². The Morgan fingerprint density at radius 2 is 2.19 bits per heavy atom. The van der Waals surface area contributed by atoms with Crippen molar-refractivity contribution in [3.63, 3.8) is 0 Å². The lowest BCUT2D eigenvalue weighted by Crippen LogP contribution is -2.43. The molecule has 0 bridgehead atoms. The van der Waals surface area contributed by atoms with E-state index in [1.54, 1.807) is 0 Å². The summed E-state index contributed by atoms with van der Waals surface area (Å²) in [6.07, 6.45) is 2.17. The molecule has 21 heavy (non-hydrogen) atoms. The van der Waals surface area contributed by atoms with Gasteiger partial charge in [0.15, 0.2) is 0 Å². The molecule has 1 aromatic carbocycles. The molecule has 2 nitrogen and oxygen atoms in total. The minimum absolute atomic E-state index is 0.467. The largest absolute Gasteiger partial charge is 0.493 e. The third-order valence-electron chi connectivity index (χ3n) is 3.99. The van der Waals surface area contributed by atoms with Gasteiger partial charge in [0.1, 0.15) is 5.75 Å². The first-order chi connectivity index (χ1) is 10.3. The van der Waals surface area contributed by atoms with Gasteiger partial charge in [0.2, 0.25) is 0 Å². The zero-order valence-corrected chi connectivity index (χ0v) is 14.5. The maximum Gasteiger partial charge on any atom is 0.122 e. The number of likely N-dealkylation sites (N-methyl/N-ethyl adjacent to an activating group) is 1. The monoisotopic (exact) mass is 365 g/mol. The van der Waals surface area contributed by atoms with E-state index in [2.05, 4.69) is 58.5 Å². The number of fused-ring (bicyclic) bond motifs is 1. The molecule has 1 aromatic heterocycles. The number of halogens is 1. The Labute approximate surface area is 138 Å². The van der Waals surface area contributed by atoms with Crippen LogP contribution < -0.4 is 10.1 Å². The van der Waals surface area contributed by atoms with E-state index < -0.39 is 0 Å². The lowest BCUT2D eigenvalue weighted by molar-refractivity contribution is 0.184. The van der Waals surface area contributed by atoms with Crippen LogP contribution in [0.5, 0.6) is 5.75 Å². The number of ether oxygens (including phenoxy) is 1. The first-order valence-corrected chi connectivity index (χ1v) is 9.05. The first kappa shape index (κ1) is 15.1. The van der Waals surface area contributed by atoms with Crippen LogP contribution in [0.4, 0.5) is 0 Å². The molecule has 2 aromatic rings. The van der Waals surface area contributed by atoms with E-state index in [4.69, 9.17) is 4.74 Å². The van der Waals surface area contributed by atoms with Crippen LogP contribution in [0.1, 0.15) is 17.4 Å². The highest BCUT2D eigenvalue weighted by Crippen LogP contribution is 2.30. The highest BCUT2D eigenvalue weighted by molar-refractivity contribution is 9.11. The predicted molar refractivity (Wildman–Crippen MR) is 92.3 cm³/mol. The summed E-state index contributed by atoms with van der Waals surface area (Å²) < 4.78 is 7.17. The summed E-state index contributed by atoms with van der Waals surface area (Å²) >= 11 is 5.38. The van der Waals surface area contributed by atoms with Crippen LogP contribution in [0.25, 0.3) is 0 Å². The molecule has 0 saturated heterocycles. The standard InChI is InChI=1S/C17H20BrNOS/c1-2-19-15(10-14-7-8-17(18)21-14)13-9-12-5-3-4-6-16(12)20-11-13/h3-8,13,15,19H,2,9-11H2,1H3. The van der Waals surface area contributed by atoms with Crippen molar-refractivity contribution in [3.8, 4) is 5.75 Å². The second-order valence-corrected chi connectivity index (χ2v) is 8.00. The van der Waals surface area contributed by atoms with Gasteiger partial charge < -0.3 is 10.1 Å². The minimum atomic E-state index is 0.467. The number of para-hydroxylation sites is 1. The van der Waals surface area contributed by atoms with Crippen LogP contribution >= 0.6 is 27.3 Å². The molecular formula is C17H20BrNOS. The van der Waals surface area contributed by atoms with Crippen LogP contribution in [0.3, 0.4) is 0 Å². The lowest BCUT2D eigenvalue weighted by Gasteiger charge is -2.32. The maximum absolute atomic E-state index is 5.96. The van der Waals surface area contributed by atoms with Crippen LogP contribution in [0.15, 0.2) is 40.2 Å². The Bertz CT molecular complexity index is 598. The van der Waals surface area contributed by atoms with Gasteiger partial charge in [-0.3, -0.25) is 0 Å². The fraction of sp³-hybridized carbons (Fsp3) is 0.412. The second-order valence-electron chi connectivity index (χ2n) is 5.46. The van der Waals surface area contributed by atoms with Crippen LogP contribution in [-0.2, 0) is 12.8 Å². The lowest BCUT2D eigenvalue weighted by atomic mass is 9.88. The molecule has 4 heteroatoms. The molecule has 3 rings (SSSR count). The van der Waals surface area contributed by atoms with E-state index in [-0.39, 0.29) is 0 Å². The first-order valence-electron chi connectivity index (χ1n) is 7.44. The van der Waals surface area contributed by atoms with Gasteiger partial charge in [-0.2, -0.15) is 0 Å². The second kappa shape index (κ2) is 6.95. The van der Waals surface area contributed by atoms with E-state index in [0.29, 0.717) is 12.0 Å². The Morgan fingerprint density at radius 1 is 1.33 bits per heavy atom. The van der Waals surface area contributed by atoms with Gasteiger partial charge in [-0.15, -0.1) is 11.3 Å². The molecule has 0 aliphatic carbocycles. The number of nitrogens with one attached hydrogen (secondary N) is 1. The molecule has 0 saturated carbocycles. The van der Waals surface area contributed by atoms with E-state index in [1.165, 1.54) is 14.2 Å². The smallest absolute Gasteiger partial charge is 0.122 e. The van der Waals surface area contributed by atoms with Crippen molar-refractivity contribution in [3.05, 3.63) is 50.6 Å². The predicted octanol–water partition coefficient (Wildman–Crippen LogP) is 4.28. The Balaban J connectivity index is 1.72. The summed E-state index contributed by atoms with van der Waals surface area (Å²) in [5.74, 6) is 1.59. The van der Waals surface area contributed by atoms with E-state index in [9.17, 15) is 0 Å². The number of benzene rings is 1. The van der Waals surface area contributed by atoms with Gasteiger partial charge >= 0.3 is 0 Å². The molecule has 0 radical (unpaired) electrons. The van der Waals surface area contributed by atoms with Crippen molar-refractivity contribution in [2.24, 2.45) is 5.92 Å². The number of thiophene rings is 1. The highest BCUT2D eigenvalue weighted by atomic mass is 79.9. The molecular weight excluding hydrogens is 346 g/mol. The molecule has 2 atom stereocenters. The van der Waals surface area contributed by atoms with Gasteiger partial charge in [0, 0.05) is 16.8 Å². The third kappa shape index (κ3) is 3.68. The number of hydrogen-bond donors (Lipinski definition) is 1. The molecule has 0 amide bonds. The maximum atomic E-state index is 5.96. The molecule has 1 aliphatic rings. The Morgan fingerprint density at radius 3 is 2.95 bits per heavy atom. The molecule has 2 unspecified atom stereocenters. The molecule has 2 heterocycles. The Kier molecular flexibility index (Phi) is 4.99. The van der Waals surface area contributed by atoms with Gasteiger partial charge in [0.05, 0.1) is 10.4 Å². The van der Waals surface area contributed by atoms with Gasteiger partial charge in [-0.1, -0.05) is 25.1 Å². The summed E-state index contributed by atoms with van der Waals surface area (Å²) in [6.45, 7) is 3.98. The summed E-state index contributed by atoms with van der Waals surface area (Å²) in [5, 5.41) is 3.65. The average Bonchev–Trinajstić information content (AvgIpc) is 2.91. The fourth-order valence-corrected chi connectivity index (χ4v) is 4.50. The molecule has 112 valence electrons. The summed E-state index contributed by atoms with van der Waals surface area (Å²) in [4.78, 5) is 1.42. The summed E-state index contributed by atoms with van der Waals surface area (Å²) in [7, 11) is 0. The van der Waals surface area contributed by atoms with Crippen molar-refractivity contribution in [1.29, 1.82) is 0 Å². The van der Waals surface area contributed by atoms with Crippen molar-refractivity contribution in [2.75, 3.05) is 13.2 Å². The molecule has 0 fully saturated rings. The van der Waals surface area contributed by atoms with E-state index in [1.807, 2.05) is 17.4 Å². The quantitative estimate of drug-likeness (QED) is 0.853. The van der Waals surface area contributed by atoms with Crippen molar-refractivity contribution >= 4 is 27.3 Å². The Hall–Kier alpha value is -0.840. The van der Waals surface area contributed by atoms with E-state index >= 15 is 0 Å². The van der Waals surface area contributed by atoms with E-state index in [0.717, 1.165) is 31.7 Å². The highest BCUT2D eigenvalue weighted by Gasteiger charge is 2.27. The number of hydrogen-bond acceptors (Lipinski definition) is 3. The number of rotatable bonds is 5. The SMILES string of the molecule is CCNC(Cc1ccc(Br)s1)C1COc2ccccc2C1. The van der Waals surface area contributed by atoms with Gasteiger partial charge in [-0.25, -0.2) is 0 Å². The van der Waals surface area contributed by atoms with Gasteiger partial charge in [-0.05, 0) is 59.1 Å².